The lowest BCUT2D eigenvalue weighted by Crippen LogP contribution is -2.26. The van der Waals surface area contributed by atoms with E-state index < -0.39 is 0 Å². The summed E-state index contributed by atoms with van der Waals surface area (Å²) in [7, 11) is 0. The van der Waals surface area contributed by atoms with Crippen LogP contribution in [0, 0.1) is 26.6 Å². The molecule has 1 unspecified atom stereocenters. The van der Waals surface area contributed by atoms with Gasteiger partial charge in [0, 0.05) is 15.3 Å². The van der Waals surface area contributed by atoms with Crippen molar-refractivity contribution in [1.29, 1.82) is 0 Å². The molecule has 1 aromatic carbocycles. The molecule has 20 heavy (non-hydrogen) atoms. The first-order chi connectivity index (χ1) is 9.38. The van der Waals surface area contributed by atoms with Gasteiger partial charge >= 0.3 is 0 Å². The predicted octanol–water partition coefficient (Wildman–Crippen LogP) is 4.30. The highest BCUT2D eigenvalue weighted by atomic mass is 32.1. The van der Waals surface area contributed by atoms with Gasteiger partial charge in [0.1, 0.15) is 5.82 Å². The fourth-order valence-electron chi connectivity index (χ4n) is 2.22. The minimum atomic E-state index is -0.293. The highest BCUT2D eigenvalue weighted by Crippen LogP contribution is 2.26. The molecule has 0 spiro atoms. The van der Waals surface area contributed by atoms with Crippen LogP contribution >= 0.6 is 11.3 Å². The third-order valence-electron chi connectivity index (χ3n) is 3.31. The first kappa shape index (κ1) is 14.7. The highest BCUT2D eigenvalue weighted by molar-refractivity contribution is 7.12. The fourth-order valence-corrected chi connectivity index (χ4v) is 3.25. The van der Waals surface area contributed by atoms with Crippen molar-refractivity contribution in [2.24, 2.45) is 0 Å². The zero-order valence-corrected chi connectivity index (χ0v) is 12.9. The molecule has 0 aliphatic heterocycles. The van der Waals surface area contributed by atoms with Crippen LogP contribution in [-0.2, 0) is 0 Å². The van der Waals surface area contributed by atoms with Crippen LogP contribution in [0.15, 0.2) is 24.3 Å². The number of halogens is 1. The van der Waals surface area contributed by atoms with Gasteiger partial charge in [-0.2, -0.15) is 0 Å². The predicted molar refractivity (Wildman–Crippen MR) is 80.8 cm³/mol. The molecule has 1 atom stereocenters. The maximum absolute atomic E-state index is 13.2. The molecular formula is C16H18FNOS. The number of amides is 1. The number of nitrogens with one attached hydrogen (secondary N) is 1. The molecule has 4 heteroatoms. The lowest BCUT2D eigenvalue weighted by molar-refractivity contribution is 0.0939. The number of aryl methyl sites for hydroxylation is 3. The lowest BCUT2D eigenvalue weighted by atomic mass is 10.1. The van der Waals surface area contributed by atoms with Crippen molar-refractivity contribution in [3.8, 4) is 0 Å². The van der Waals surface area contributed by atoms with Crippen LogP contribution in [0.4, 0.5) is 4.39 Å². The lowest BCUT2D eigenvalue weighted by Gasteiger charge is -2.14. The number of benzene rings is 1. The maximum Gasteiger partial charge on any atom is 0.251 e. The average Bonchev–Trinajstić information content (AvgIpc) is 2.71. The van der Waals surface area contributed by atoms with E-state index in [1.165, 1.54) is 21.9 Å². The van der Waals surface area contributed by atoms with E-state index in [1.54, 1.807) is 24.3 Å². The van der Waals surface area contributed by atoms with Crippen molar-refractivity contribution in [2.75, 3.05) is 0 Å². The summed E-state index contributed by atoms with van der Waals surface area (Å²) in [5.74, 6) is -0.470. The molecule has 2 nitrogen and oxygen atoms in total. The van der Waals surface area contributed by atoms with Gasteiger partial charge in [0.05, 0.1) is 6.04 Å². The van der Waals surface area contributed by atoms with Crippen LogP contribution in [-0.4, -0.2) is 5.91 Å². The Balaban J connectivity index is 2.15. The van der Waals surface area contributed by atoms with Gasteiger partial charge in [0.15, 0.2) is 0 Å². The van der Waals surface area contributed by atoms with Gasteiger partial charge in [-0.05, 0) is 63.1 Å². The normalized spacial score (nSPS) is 12.2. The molecule has 0 bridgehead atoms. The molecule has 2 rings (SSSR count). The highest BCUT2D eigenvalue weighted by Gasteiger charge is 2.15. The number of carbonyl (C=O) groups is 1. The summed E-state index contributed by atoms with van der Waals surface area (Å²) in [5, 5.41) is 2.96. The molecule has 2 aromatic rings. The SMILES string of the molecule is Cc1cc(C(C)NC(=O)c2ccc(F)c(C)c2)c(C)s1. The summed E-state index contributed by atoms with van der Waals surface area (Å²) in [5.41, 5.74) is 2.10. The van der Waals surface area contributed by atoms with E-state index >= 15 is 0 Å². The van der Waals surface area contributed by atoms with Crippen LogP contribution in [0.5, 0.6) is 0 Å². The van der Waals surface area contributed by atoms with Gasteiger partial charge in [-0.25, -0.2) is 4.39 Å². The number of hydrogen-bond acceptors (Lipinski definition) is 2. The average molecular weight is 291 g/mol. The molecule has 1 N–H and O–H groups in total. The minimum absolute atomic E-state index is 0.0576. The third kappa shape index (κ3) is 3.07. The minimum Gasteiger partial charge on any atom is -0.345 e. The Morgan fingerprint density at radius 3 is 2.50 bits per heavy atom. The largest absolute Gasteiger partial charge is 0.345 e. The second-order valence-corrected chi connectivity index (χ2v) is 6.49. The third-order valence-corrected chi connectivity index (χ3v) is 4.30. The second-order valence-electron chi connectivity index (χ2n) is 5.03. The Morgan fingerprint density at radius 2 is 1.95 bits per heavy atom. The van der Waals surface area contributed by atoms with Gasteiger partial charge in [0.2, 0.25) is 0 Å². The Hall–Kier alpha value is -1.68. The molecular weight excluding hydrogens is 273 g/mol. The van der Waals surface area contributed by atoms with Gasteiger partial charge in [0.25, 0.3) is 5.91 Å². The van der Waals surface area contributed by atoms with Crippen LogP contribution in [0.3, 0.4) is 0 Å². The Kier molecular flexibility index (Phi) is 4.23. The van der Waals surface area contributed by atoms with Crippen molar-refractivity contribution in [1.82, 2.24) is 5.32 Å². The summed E-state index contributed by atoms with van der Waals surface area (Å²) in [6.07, 6.45) is 0. The molecule has 1 heterocycles. The molecule has 0 saturated carbocycles. The monoisotopic (exact) mass is 291 g/mol. The van der Waals surface area contributed by atoms with Gasteiger partial charge in [-0.15, -0.1) is 11.3 Å². The van der Waals surface area contributed by atoms with Crippen molar-refractivity contribution >= 4 is 17.2 Å². The summed E-state index contributed by atoms with van der Waals surface area (Å²) in [4.78, 5) is 14.6. The quantitative estimate of drug-likeness (QED) is 0.897. The number of carbonyl (C=O) groups excluding carboxylic acids is 1. The van der Waals surface area contributed by atoms with E-state index in [0.717, 1.165) is 5.56 Å². The molecule has 106 valence electrons. The fraction of sp³-hybridized carbons (Fsp3) is 0.312. The van der Waals surface area contributed by atoms with E-state index in [1.807, 2.05) is 6.92 Å². The van der Waals surface area contributed by atoms with Gasteiger partial charge in [-0.1, -0.05) is 0 Å². The zero-order chi connectivity index (χ0) is 14.9. The Labute approximate surface area is 122 Å². The van der Waals surface area contributed by atoms with Crippen molar-refractivity contribution < 1.29 is 9.18 Å². The summed E-state index contributed by atoms with van der Waals surface area (Å²) >= 11 is 1.72. The molecule has 0 saturated heterocycles. The summed E-state index contributed by atoms with van der Waals surface area (Å²) < 4.78 is 13.2. The van der Waals surface area contributed by atoms with Crippen LogP contribution in [0.1, 0.15) is 44.2 Å². The molecule has 0 aliphatic carbocycles. The maximum atomic E-state index is 13.2. The topological polar surface area (TPSA) is 29.1 Å². The van der Waals surface area contributed by atoms with E-state index in [0.29, 0.717) is 11.1 Å². The van der Waals surface area contributed by atoms with Crippen molar-refractivity contribution in [3.63, 3.8) is 0 Å². The molecule has 0 aliphatic rings. The molecule has 0 fully saturated rings. The second kappa shape index (κ2) is 5.75. The van der Waals surface area contributed by atoms with E-state index in [-0.39, 0.29) is 17.8 Å². The zero-order valence-electron chi connectivity index (χ0n) is 12.1. The summed E-state index contributed by atoms with van der Waals surface area (Å²) in [6.45, 7) is 7.72. The van der Waals surface area contributed by atoms with Gasteiger partial charge in [-0.3, -0.25) is 4.79 Å². The smallest absolute Gasteiger partial charge is 0.251 e. The first-order valence-corrected chi connectivity index (χ1v) is 7.34. The van der Waals surface area contributed by atoms with Gasteiger partial charge < -0.3 is 5.32 Å². The molecule has 0 radical (unpaired) electrons. The van der Waals surface area contributed by atoms with Crippen LogP contribution < -0.4 is 5.32 Å². The Morgan fingerprint density at radius 1 is 1.25 bits per heavy atom. The number of rotatable bonds is 3. The van der Waals surface area contributed by atoms with E-state index in [9.17, 15) is 9.18 Å². The van der Waals surface area contributed by atoms with Crippen LogP contribution in [0.25, 0.3) is 0 Å². The summed E-state index contributed by atoms with van der Waals surface area (Å²) in [6, 6.07) is 6.45. The van der Waals surface area contributed by atoms with Crippen molar-refractivity contribution in [3.05, 3.63) is 56.5 Å². The standard InChI is InChI=1S/C16H18FNOS/c1-9-7-13(5-6-15(9)17)16(19)18-11(3)14-8-10(2)20-12(14)4/h5-8,11H,1-4H3,(H,18,19). The van der Waals surface area contributed by atoms with Crippen LogP contribution in [0.2, 0.25) is 0 Å². The van der Waals surface area contributed by atoms with Crippen molar-refractivity contribution in [2.45, 2.75) is 33.7 Å². The molecule has 1 amide bonds. The first-order valence-electron chi connectivity index (χ1n) is 6.52. The Bertz CT molecular complexity index is 648. The van der Waals surface area contributed by atoms with E-state index in [2.05, 4.69) is 25.2 Å². The number of thiophene rings is 1. The van der Waals surface area contributed by atoms with E-state index in [4.69, 9.17) is 0 Å². The molecule has 1 aromatic heterocycles. The number of hydrogen-bond donors (Lipinski definition) is 1.